The number of halogens is 1. The van der Waals surface area contributed by atoms with Crippen LogP contribution >= 0.6 is 11.3 Å². The summed E-state index contributed by atoms with van der Waals surface area (Å²) in [5.74, 6) is -0.283. The summed E-state index contributed by atoms with van der Waals surface area (Å²) in [6.45, 7) is 4.21. The second-order valence-electron chi connectivity index (χ2n) is 4.78. The van der Waals surface area contributed by atoms with Gasteiger partial charge in [0.15, 0.2) is 0 Å². The van der Waals surface area contributed by atoms with Gasteiger partial charge >= 0.3 is 0 Å². The Morgan fingerprint density at radius 3 is 2.67 bits per heavy atom. The average Bonchev–Trinajstić information content (AvgIpc) is 2.91. The molecule has 0 aliphatic carbocycles. The minimum absolute atomic E-state index is 0.00737. The molecule has 0 aliphatic heterocycles. The number of nitrogens with one attached hydrogen (secondary N) is 1. The number of nitrogens with zero attached hydrogens (tertiary/aromatic N) is 2. The third kappa shape index (κ3) is 4.07. The minimum Gasteiger partial charge on any atom is -0.300 e. The van der Waals surface area contributed by atoms with Crippen LogP contribution < -0.4 is 5.32 Å². The Hall–Kier alpha value is -1.82. The Labute approximate surface area is 127 Å². The number of hydrogen-bond acceptors (Lipinski definition) is 4. The number of anilines is 1. The van der Waals surface area contributed by atoms with E-state index < -0.39 is 0 Å². The van der Waals surface area contributed by atoms with Crippen molar-refractivity contribution in [2.75, 3.05) is 5.32 Å². The van der Waals surface area contributed by atoms with Crippen LogP contribution in [-0.2, 0) is 11.2 Å². The first-order valence-electron chi connectivity index (χ1n) is 7.00. The Balaban J connectivity index is 1.99. The summed E-state index contributed by atoms with van der Waals surface area (Å²) >= 11 is 1.39. The Morgan fingerprint density at radius 1 is 1.29 bits per heavy atom. The summed E-state index contributed by atoms with van der Waals surface area (Å²) in [7, 11) is 0. The lowest BCUT2D eigenvalue weighted by Gasteiger charge is -2.06. The maximum atomic E-state index is 13.5. The van der Waals surface area contributed by atoms with E-state index in [1.165, 1.54) is 17.4 Å². The number of carbonyl (C=O) groups is 1. The van der Waals surface area contributed by atoms with Crippen molar-refractivity contribution >= 4 is 22.4 Å². The number of aromatic nitrogens is 2. The van der Waals surface area contributed by atoms with Crippen LogP contribution in [0.15, 0.2) is 24.3 Å². The summed E-state index contributed by atoms with van der Waals surface area (Å²) in [5.41, 5.74) is 0.375. The molecule has 21 heavy (non-hydrogen) atoms. The molecule has 6 heteroatoms. The van der Waals surface area contributed by atoms with Gasteiger partial charge in [0.2, 0.25) is 11.0 Å². The molecule has 0 unspecified atom stereocenters. The number of hydrogen-bond donors (Lipinski definition) is 1. The minimum atomic E-state index is -0.373. The zero-order chi connectivity index (χ0) is 15.2. The molecule has 1 amide bonds. The molecule has 2 rings (SSSR count). The molecule has 1 aromatic heterocycles. The van der Waals surface area contributed by atoms with Gasteiger partial charge in [-0.2, -0.15) is 0 Å². The fourth-order valence-corrected chi connectivity index (χ4v) is 3.09. The molecule has 1 heterocycles. The lowest BCUT2D eigenvalue weighted by atomic mass is 10.1. The monoisotopic (exact) mass is 307 g/mol. The largest absolute Gasteiger partial charge is 0.300 e. The van der Waals surface area contributed by atoms with Crippen LogP contribution in [0.3, 0.4) is 0 Å². The van der Waals surface area contributed by atoms with Crippen LogP contribution in [0.2, 0.25) is 0 Å². The van der Waals surface area contributed by atoms with Gasteiger partial charge in [-0.3, -0.25) is 4.79 Å². The van der Waals surface area contributed by atoms with Crippen molar-refractivity contribution in [1.29, 1.82) is 0 Å². The molecule has 0 fully saturated rings. The van der Waals surface area contributed by atoms with E-state index in [0.717, 1.165) is 17.8 Å². The standard InChI is InChI=1S/C15H18FN3OS/c1-3-10(4-2)14-18-19-15(21-14)17-13(20)9-11-7-5-6-8-12(11)16/h5-8,10H,3-4,9H2,1-2H3,(H,17,19,20). The van der Waals surface area contributed by atoms with Crippen molar-refractivity contribution in [3.63, 3.8) is 0 Å². The van der Waals surface area contributed by atoms with E-state index >= 15 is 0 Å². The van der Waals surface area contributed by atoms with Crippen LogP contribution in [0.4, 0.5) is 9.52 Å². The van der Waals surface area contributed by atoms with E-state index in [-0.39, 0.29) is 18.1 Å². The first-order valence-corrected chi connectivity index (χ1v) is 7.82. The number of carbonyl (C=O) groups excluding carboxylic acids is 1. The molecule has 1 aromatic carbocycles. The topological polar surface area (TPSA) is 54.9 Å². The van der Waals surface area contributed by atoms with Crippen LogP contribution in [0.25, 0.3) is 0 Å². The third-order valence-electron chi connectivity index (χ3n) is 3.33. The van der Waals surface area contributed by atoms with Gasteiger partial charge in [-0.15, -0.1) is 10.2 Å². The van der Waals surface area contributed by atoms with E-state index in [4.69, 9.17) is 0 Å². The highest BCUT2D eigenvalue weighted by Gasteiger charge is 2.15. The highest BCUT2D eigenvalue weighted by Crippen LogP contribution is 2.28. The molecule has 0 saturated carbocycles. The van der Waals surface area contributed by atoms with Gasteiger partial charge < -0.3 is 5.32 Å². The third-order valence-corrected chi connectivity index (χ3v) is 4.33. The Kier molecular flexibility index (Phi) is 5.38. The average molecular weight is 307 g/mol. The van der Waals surface area contributed by atoms with Crippen LogP contribution in [0, 0.1) is 5.82 Å². The highest BCUT2D eigenvalue weighted by molar-refractivity contribution is 7.15. The number of amides is 1. The molecule has 4 nitrogen and oxygen atoms in total. The SMILES string of the molecule is CCC(CC)c1nnc(NC(=O)Cc2ccccc2F)s1. The molecule has 0 radical (unpaired) electrons. The zero-order valence-corrected chi connectivity index (χ0v) is 12.9. The zero-order valence-electron chi connectivity index (χ0n) is 12.1. The molecule has 0 saturated heterocycles. The van der Waals surface area contributed by atoms with Gasteiger partial charge in [-0.1, -0.05) is 43.4 Å². The number of benzene rings is 1. The smallest absolute Gasteiger partial charge is 0.230 e. The lowest BCUT2D eigenvalue weighted by Crippen LogP contribution is -2.15. The second kappa shape index (κ2) is 7.26. The van der Waals surface area contributed by atoms with Crippen molar-refractivity contribution in [3.05, 3.63) is 40.7 Å². The lowest BCUT2D eigenvalue weighted by molar-refractivity contribution is -0.115. The molecule has 112 valence electrons. The summed E-state index contributed by atoms with van der Waals surface area (Å²) in [5, 5.41) is 12.2. The van der Waals surface area contributed by atoms with Crippen LogP contribution in [-0.4, -0.2) is 16.1 Å². The van der Waals surface area contributed by atoms with E-state index in [1.807, 2.05) is 0 Å². The first-order chi connectivity index (χ1) is 10.1. The maximum absolute atomic E-state index is 13.5. The second-order valence-corrected chi connectivity index (χ2v) is 5.78. The van der Waals surface area contributed by atoms with Gasteiger partial charge in [-0.25, -0.2) is 4.39 Å². The molecule has 0 bridgehead atoms. The summed E-state index contributed by atoms with van der Waals surface area (Å²) in [6, 6.07) is 6.26. The molecule has 2 aromatic rings. The van der Waals surface area contributed by atoms with Crippen molar-refractivity contribution in [2.24, 2.45) is 0 Å². The van der Waals surface area contributed by atoms with Crippen molar-refractivity contribution < 1.29 is 9.18 Å². The molecule has 1 N–H and O–H groups in total. The Morgan fingerprint density at radius 2 is 2.00 bits per heavy atom. The van der Waals surface area contributed by atoms with E-state index in [2.05, 4.69) is 29.4 Å². The highest BCUT2D eigenvalue weighted by atomic mass is 32.1. The van der Waals surface area contributed by atoms with Crippen molar-refractivity contribution in [2.45, 2.75) is 39.0 Å². The van der Waals surface area contributed by atoms with Gasteiger partial charge in [0, 0.05) is 5.92 Å². The predicted molar refractivity (Wildman–Crippen MR) is 82.0 cm³/mol. The Bertz CT molecular complexity index is 610. The van der Waals surface area contributed by atoms with Gasteiger partial charge in [0.1, 0.15) is 10.8 Å². The van der Waals surface area contributed by atoms with Crippen LogP contribution in [0.1, 0.15) is 43.2 Å². The van der Waals surface area contributed by atoms with E-state index in [1.54, 1.807) is 18.2 Å². The summed E-state index contributed by atoms with van der Waals surface area (Å²) < 4.78 is 13.5. The fourth-order valence-electron chi connectivity index (χ4n) is 2.07. The normalized spacial score (nSPS) is 10.9. The van der Waals surface area contributed by atoms with Crippen molar-refractivity contribution in [3.8, 4) is 0 Å². The van der Waals surface area contributed by atoms with Crippen molar-refractivity contribution in [1.82, 2.24) is 10.2 Å². The van der Waals surface area contributed by atoms with Gasteiger partial charge in [-0.05, 0) is 24.5 Å². The van der Waals surface area contributed by atoms with Gasteiger partial charge in [0.05, 0.1) is 6.42 Å². The van der Waals surface area contributed by atoms with E-state index in [0.29, 0.717) is 16.6 Å². The maximum Gasteiger partial charge on any atom is 0.230 e. The molecule has 0 atom stereocenters. The quantitative estimate of drug-likeness (QED) is 0.884. The number of rotatable bonds is 6. The molecule has 0 aliphatic rings. The van der Waals surface area contributed by atoms with Gasteiger partial charge in [0.25, 0.3) is 0 Å². The summed E-state index contributed by atoms with van der Waals surface area (Å²) in [4.78, 5) is 11.9. The molecular weight excluding hydrogens is 289 g/mol. The fraction of sp³-hybridized carbons (Fsp3) is 0.400. The first kappa shape index (κ1) is 15.6. The van der Waals surface area contributed by atoms with Crippen LogP contribution in [0.5, 0.6) is 0 Å². The molecular formula is C15H18FN3OS. The summed E-state index contributed by atoms with van der Waals surface area (Å²) in [6.07, 6.45) is 1.98. The van der Waals surface area contributed by atoms with E-state index in [9.17, 15) is 9.18 Å². The molecule has 0 spiro atoms. The predicted octanol–water partition coefficient (Wildman–Crippen LogP) is 3.76.